The molecule has 0 bridgehead atoms. The third-order valence-electron chi connectivity index (χ3n) is 2.33. The van der Waals surface area contributed by atoms with Crippen LogP contribution in [0.2, 0.25) is 0 Å². The van der Waals surface area contributed by atoms with Crippen molar-refractivity contribution in [3.05, 3.63) is 41.5 Å². The van der Waals surface area contributed by atoms with E-state index < -0.39 is 0 Å². The summed E-state index contributed by atoms with van der Waals surface area (Å²) >= 11 is 0. The molecule has 0 radical (unpaired) electrons. The number of allylic oxidation sites excluding steroid dienone is 1. The molecule has 0 spiro atoms. The van der Waals surface area contributed by atoms with E-state index in [0.717, 1.165) is 5.56 Å². The fraction of sp³-hybridized carbons (Fsp3) is 0.438. The lowest BCUT2D eigenvalue weighted by Gasteiger charge is -2.20. The summed E-state index contributed by atoms with van der Waals surface area (Å²) in [7, 11) is 0. The Kier molecular flexibility index (Phi) is 4.71. The van der Waals surface area contributed by atoms with Gasteiger partial charge in [-0.1, -0.05) is 38.1 Å². The predicted molar refractivity (Wildman–Crippen MR) is 77.5 cm³/mol. The molecule has 0 fully saturated rings. The van der Waals surface area contributed by atoms with Crippen LogP contribution in [0.25, 0.3) is 6.08 Å². The first kappa shape index (κ1) is 14.5. The van der Waals surface area contributed by atoms with E-state index in [1.165, 1.54) is 0 Å². The Bertz CT molecular complexity index is 421. The summed E-state index contributed by atoms with van der Waals surface area (Å²) in [6.07, 6.45) is 4.22. The molecule has 0 saturated carbocycles. The van der Waals surface area contributed by atoms with Crippen molar-refractivity contribution in [2.75, 3.05) is 0 Å². The average Bonchev–Trinajstić information content (AvgIpc) is 2.24. The van der Waals surface area contributed by atoms with Gasteiger partial charge in [0, 0.05) is 11.1 Å². The summed E-state index contributed by atoms with van der Waals surface area (Å²) in [5.74, 6) is 0.510. The van der Waals surface area contributed by atoms with Gasteiger partial charge in [0.25, 0.3) is 5.91 Å². The lowest BCUT2D eigenvalue weighted by atomic mass is 10.1. The fourth-order valence-electron chi connectivity index (χ4n) is 1.46. The van der Waals surface area contributed by atoms with Crippen molar-refractivity contribution in [2.24, 2.45) is 5.92 Å². The lowest BCUT2D eigenvalue weighted by Crippen LogP contribution is -2.40. The van der Waals surface area contributed by atoms with Crippen molar-refractivity contribution in [1.29, 1.82) is 0 Å². The molecular formula is C16H23NO. The second-order valence-corrected chi connectivity index (χ2v) is 5.93. The van der Waals surface area contributed by atoms with Crippen LogP contribution in [0.15, 0.2) is 30.3 Å². The Morgan fingerprint density at radius 2 is 1.72 bits per heavy atom. The molecule has 0 heterocycles. The maximum atomic E-state index is 11.9. The molecule has 0 aliphatic carbocycles. The van der Waals surface area contributed by atoms with Gasteiger partial charge in [-0.05, 0) is 44.4 Å². The molecule has 1 rings (SSSR count). The molecule has 2 nitrogen and oxygen atoms in total. The first-order chi connectivity index (χ1) is 8.28. The van der Waals surface area contributed by atoms with Crippen molar-refractivity contribution < 1.29 is 4.79 Å². The molecule has 1 amide bonds. The van der Waals surface area contributed by atoms with Gasteiger partial charge in [-0.3, -0.25) is 4.79 Å². The zero-order valence-corrected chi connectivity index (χ0v) is 11.9. The molecule has 0 unspecified atom stereocenters. The Balaban J connectivity index is 2.74. The number of carbonyl (C=O) groups is 1. The Morgan fingerprint density at radius 3 is 2.17 bits per heavy atom. The molecule has 0 aromatic heterocycles. The van der Waals surface area contributed by atoms with E-state index in [4.69, 9.17) is 0 Å². The van der Waals surface area contributed by atoms with Crippen LogP contribution in [-0.2, 0) is 0 Å². The molecule has 18 heavy (non-hydrogen) atoms. The van der Waals surface area contributed by atoms with Crippen molar-refractivity contribution in [3.63, 3.8) is 0 Å². The summed E-state index contributed by atoms with van der Waals surface area (Å²) in [5, 5.41) is 2.95. The van der Waals surface area contributed by atoms with E-state index >= 15 is 0 Å². The third-order valence-corrected chi connectivity index (χ3v) is 2.33. The van der Waals surface area contributed by atoms with E-state index in [0.29, 0.717) is 11.5 Å². The minimum Gasteiger partial charge on any atom is -0.347 e. The molecule has 0 aliphatic heterocycles. The lowest BCUT2D eigenvalue weighted by molar-refractivity contribution is 0.0919. The first-order valence-electron chi connectivity index (χ1n) is 6.39. The second-order valence-electron chi connectivity index (χ2n) is 5.93. The zero-order chi connectivity index (χ0) is 13.8. The van der Waals surface area contributed by atoms with Crippen molar-refractivity contribution in [1.82, 2.24) is 5.32 Å². The highest BCUT2D eigenvalue weighted by atomic mass is 16.1. The van der Waals surface area contributed by atoms with Gasteiger partial charge in [-0.15, -0.1) is 0 Å². The number of rotatable bonds is 3. The highest BCUT2D eigenvalue weighted by Crippen LogP contribution is 2.09. The van der Waals surface area contributed by atoms with Gasteiger partial charge in [-0.2, -0.15) is 0 Å². The van der Waals surface area contributed by atoms with Gasteiger partial charge >= 0.3 is 0 Å². The number of benzene rings is 1. The second kappa shape index (κ2) is 5.85. The van der Waals surface area contributed by atoms with Gasteiger partial charge in [0.1, 0.15) is 0 Å². The average molecular weight is 245 g/mol. The van der Waals surface area contributed by atoms with Crippen molar-refractivity contribution in [2.45, 2.75) is 40.2 Å². The highest BCUT2D eigenvalue weighted by Gasteiger charge is 2.14. The largest absolute Gasteiger partial charge is 0.347 e. The van der Waals surface area contributed by atoms with E-state index in [1.807, 2.05) is 45.0 Å². The summed E-state index contributed by atoms with van der Waals surface area (Å²) in [4.78, 5) is 11.9. The van der Waals surface area contributed by atoms with E-state index in [9.17, 15) is 4.79 Å². The van der Waals surface area contributed by atoms with Crippen LogP contribution in [0.1, 0.15) is 50.5 Å². The maximum Gasteiger partial charge on any atom is 0.251 e. The van der Waals surface area contributed by atoms with Crippen LogP contribution in [0.5, 0.6) is 0 Å². The molecule has 0 atom stereocenters. The SMILES string of the molecule is CC(C)C=Cc1ccc(C(=O)NC(C)(C)C)cc1. The molecule has 2 heteroatoms. The molecule has 0 aliphatic rings. The summed E-state index contributed by atoms with van der Waals surface area (Å²) < 4.78 is 0. The van der Waals surface area contributed by atoms with Gasteiger partial charge in [0.15, 0.2) is 0 Å². The molecule has 0 saturated heterocycles. The van der Waals surface area contributed by atoms with E-state index in [1.54, 1.807) is 0 Å². The summed E-state index contributed by atoms with van der Waals surface area (Å²) in [5.41, 5.74) is 1.62. The van der Waals surface area contributed by atoms with Crippen LogP contribution < -0.4 is 5.32 Å². The summed E-state index contributed by atoms with van der Waals surface area (Å²) in [6, 6.07) is 7.66. The molecular weight excluding hydrogens is 222 g/mol. The Labute approximate surface area is 110 Å². The van der Waals surface area contributed by atoms with Crippen LogP contribution in [0.3, 0.4) is 0 Å². The monoisotopic (exact) mass is 245 g/mol. The molecule has 98 valence electrons. The number of hydrogen-bond donors (Lipinski definition) is 1. The normalized spacial score (nSPS) is 12.1. The molecule has 1 aromatic carbocycles. The van der Waals surface area contributed by atoms with E-state index in [2.05, 4.69) is 31.3 Å². The smallest absolute Gasteiger partial charge is 0.251 e. The van der Waals surface area contributed by atoms with Crippen LogP contribution in [0, 0.1) is 5.92 Å². The predicted octanol–water partition coefficient (Wildman–Crippen LogP) is 3.88. The van der Waals surface area contributed by atoms with Crippen molar-refractivity contribution >= 4 is 12.0 Å². The van der Waals surface area contributed by atoms with Crippen LogP contribution in [0.4, 0.5) is 0 Å². The van der Waals surface area contributed by atoms with Crippen LogP contribution >= 0.6 is 0 Å². The van der Waals surface area contributed by atoms with E-state index in [-0.39, 0.29) is 11.4 Å². The Morgan fingerprint density at radius 1 is 1.17 bits per heavy atom. The number of nitrogens with one attached hydrogen (secondary N) is 1. The van der Waals surface area contributed by atoms with Gasteiger partial charge in [0.2, 0.25) is 0 Å². The van der Waals surface area contributed by atoms with Crippen LogP contribution in [-0.4, -0.2) is 11.4 Å². The fourth-order valence-corrected chi connectivity index (χ4v) is 1.46. The first-order valence-corrected chi connectivity index (χ1v) is 6.39. The Hall–Kier alpha value is -1.57. The number of amides is 1. The maximum absolute atomic E-state index is 11.9. The third kappa shape index (κ3) is 5.17. The number of carbonyl (C=O) groups excluding carboxylic acids is 1. The standard InChI is InChI=1S/C16H23NO/c1-12(2)6-7-13-8-10-14(11-9-13)15(18)17-16(3,4)5/h6-12H,1-5H3,(H,17,18). The number of hydrogen-bond acceptors (Lipinski definition) is 1. The quantitative estimate of drug-likeness (QED) is 0.860. The molecule has 1 N–H and O–H groups in total. The van der Waals surface area contributed by atoms with Gasteiger partial charge < -0.3 is 5.32 Å². The zero-order valence-electron chi connectivity index (χ0n) is 11.9. The van der Waals surface area contributed by atoms with Gasteiger partial charge in [0.05, 0.1) is 0 Å². The minimum absolute atomic E-state index is 0.0260. The highest BCUT2D eigenvalue weighted by molar-refractivity contribution is 5.94. The summed E-state index contributed by atoms with van der Waals surface area (Å²) in [6.45, 7) is 10.2. The minimum atomic E-state index is -0.201. The topological polar surface area (TPSA) is 29.1 Å². The molecule has 1 aromatic rings. The van der Waals surface area contributed by atoms with Gasteiger partial charge in [-0.25, -0.2) is 0 Å². The van der Waals surface area contributed by atoms with Crippen molar-refractivity contribution in [3.8, 4) is 0 Å².